The quantitative estimate of drug-likeness (QED) is 0.429. The van der Waals surface area contributed by atoms with Crippen molar-refractivity contribution in [1.29, 1.82) is 1.23 Å². The molecule has 0 aliphatic carbocycles. The van der Waals surface area contributed by atoms with Crippen molar-refractivity contribution in [2.45, 2.75) is 13.1 Å². The monoisotopic (exact) mass is 105 g/mol. The number of rotatable bonds is 1. The molecule has 0 heterocycles. The van der Waals surface area contributed by atoms with Gasteiger partial charge in [0.05, 0.1) is 0 Å². The Labute approximate surface area is 38.8 Å². The minimum Gasteiger partial charge on any atom is -0.460 e. The van der Waals surface area contributed by atoms with E-state index in [1.165, 1.54) is 0 Å². The standard InChI is InChI=1S/C2H7OSi2/c1-5(2)3-4/h5H,1-2H3/i5T. The van der Waals surface area contributed by atoms with Crippen LogP contribution in [-0.2, 0) is 4.12 Å². The number of hydrogen-bond donors (Lipinski definition) is 0. The first-order chi connectivity index (χ1) is 2.56. The first-order valence-electron chi connectivity index (χ1n) is 1.91. The van der Waals surface area contributed by atoms with Gasteiger partial charge in [-0.05, 0) is 13.1 Å². The van der Waals surface area contributed by atoms with Gasteiger partial charge >= 0.3 is 0 Å². The zero-order valence-corrected chi connectivity index (χ0v) is 5.41. The van der Waals surface area contributed by atoms with Crippen LogP contribution in [0.25, 0.3) is 0 Å². The predicted molar refractivity (Wildman–Crippen MR) is 25.7 cm³/mol. The molecule has 0 N–H and O–H groups in total. The van der Waals surface area contributed by atoms with Crippen LogP contribution < -0.4 is 0 Å². The first kappa shape index (κ1) is 3.58. The third-order valence-electron chi connectivity index (χ3n) is 0.204. The van der Waals surface area contributed by atoms with Crippen LogP contribution in [0.5, 0.6) is 0 Å². The minimum absolute atomic E-state index is 1.78. The molecule has 5 heavy (non-hydrogen) atoms. The zero-order chi connectivity index (χ0) is 5.21. The molecule has 0 aliphatic heterocycles. The Balaban J connectivity index is 3.17. The van der Waals surface area contributed by atoms with Crippen molar-refractivity contribution in [3.05, 3.63) is 0 Å². The lowest BCUT2D eigenvalue weighted by Gasteiger charge is -1.92. The maximum Gasteiger partial charge on any atom is 0.229 e. The maximum atomic E-state index is 7.05. The van der Waals surface area contributed by atoms with Gasteiger partial charge in [-0.3, -0.25) is 0 Å². The van der Waals surface area contributed by atoms with E-state index in [1.807, 2.05) is 0 Å². The molecule has 3 heteroatoms. The van der Waals surface area contributed by atoms with Crippen LogP contribution in [0.2, 0.25) is 13.1 Å². The summed E-state index contributed by atoms with van der Waals surface area (Å²) in [6.07, 6.45) is 0. The van der Waals surface area contributed by atoms with E-state index in [0.29, 0.717) is 0 Å². The van der Waals surface area contributed by atoms with Gasteiger partial charge in [-0.15, -0.1) is 0 Å². The Morgan fingerprint density at radius 3 is 2.20 bits per heavy atom. The van der Waals surface area contributed by atoms with Gasteiger partial charge in [0.25, 0.3) is 0 Å². The van der Waals surface area contributed by atoms with E-state index >= 15 is 0 Å². The summed E-state index contributed by atoms with van der Waals surface area (Å²) in [6.45, 7) is 3.56. The second kappa shape index (κ2) is 2.62. The van der Waals surface area contributed by atoms with Crippen molar-refractivity contribution in [3.63, 3.8) is 0 Å². The van der Waals surface area contributed by atoms with Crippen molar-refractivity contribution in [3.8, 4) is 0 Å². The summed E-state index contributed by atoms with van der Waals surface area (Å²) in [5.41, 5.74) is 0. The molecule has 0 bridgehead atoms. The van der Waals surface area contributed by atoms with E-state index in [2.05, 4.69) is 14.6 Å². The van der Waals surface area contributed by atoms with E-state index in [9.17, 15) is 0 Å². The highest BCUT2D eigenvalue weighted by molar-refractivity contribution is 6.52. The van der Waals surface area contributed by atoms with Crippen LogP contribution >= 0.6 is 0 Å². The van der Waals surface area contributed by atoms with Crippen LogP contribution in [0.3, 0.4) is 0 Å². The SMILES string of the molecule is [3H][Si](C)(C)O[Si]. The van der Waals surface area contributed by atoms with Gasteiger partial charge in [-0.1, -0.05) is 0 Å². The van der Waals surface area contributed by atoms with Crippen LogP contribution in [0, 0.1) is 0 Å². The Morgan fingerprint density at radius 1 is 2.00 bits per heavy atom. The summed E-state index contributed by atoms with van der Waals surface area (Å²) in [5, 5.41) is 0. The second-order valence-corrected chi connectivity index (χ2v) is 3.64. The van der Waals surface area contributed by atoms with Crippen LogP contribution in [-0.4, -0.2) is 20.7 Å². The summed E-state index contributed by atoms with van der Waals surface area (Å²) in [6, 6.07) is 0. The Kier molecular flexibility index (Phi) is 1.88. The molecule has 0 saturated carbocycles. The van der Waals surface area contributed by atoms with Gasteiger partial charge in [0.15, 0.2) is 8.97 Å². The van der Waals surface area contributed by atoms with Gasteiger partial charge in [0, 0.05) is 1.23 Å². The average Bonchev–Trinajstić information content (AvgIpc) is 1.35. The lowest BCUT2D eigenvalue weighted by Crippen LogP contribution is -2.02. The largest absolute Gasteiger partial charge is 0.460 e. The lowest BCUT2D eigenvalue weighted by molar-refractivity contribution is 0.647. The van der Waals surface area contributed by atoms with Crippen molar-refractivity contribution in [2.75, 3.05) is 0 Å². The lowest BCUT2D eigenvalue weighted by atomic mass is 11.9. The Hall–Kier alpha value is 0.394. The zero-order valence-electron chi connectivity index (χ0n) is 4.41. The Morgan fingerprint density at radius 2 is 2.20 bits per heavy atom. The summed E-state index contributed by atoms with van der Waals surface area (Å²) < 4.78 is 11.6. The molecule has 0 spiro atoms. The molecule has 29 valence electrons. The van der Waals surface area contributed by atoms with Crippen molar-refractivity contribution in [1.82, 2.24) is 0 Å². The summed E-state index contributed by atoms with van der Waals surface area (Å²) in [4.78, 5) is 0. The highest BCUT2D eigenvalue weighted by Crippen LogP contribution is 1.72. The minimum atomic E-state index is -1.97. The van der Waals surface area contributed by atoms with E-state index in [-0.39, 0.29) is 0 Å². The normalized spacial score (nSPS) is 14.6. The topological polar surface area (TPSA) is 9.23 Å². The highest BCUT2D eigenvalue weighted by atomic mass is 28.3. The molecule has 0 aromatic carbocycles. The van der Waals surface area contributed by atoms with E-state index in [0.717, 1.165) is 0 Å². The van der Waals surface area contributed by atoms with Gasteiger partial charge in [-0.25, -0.2) is 0 Å². The molecule has 0 rings (SSSR count). The fourth-order valence-electron chi connectivity index (χ4n) is 0. The molecular weight excluding hydrogens is 96.2 g/mol. The van der Waals surface area contributed by atoms with E-state index in [4.69, 9.17) is 1.23 Å². The van der Waals surface area contributed by atoms with Crippen LogP contribution in [0.1, 0.15) is 0 Å². The molecule has 0 atom stereocenters. The van der Waals surface area contributed by atoms with Gasteiger partial charge < -0.3 is 4.12 Å². The molecule has 0 saturated heterocycles. The third-order valence-corrected chi connectivity index (χ3v) is 1.84. The maximum absolute atomic E-state index is 7.05. The van der Waals surface area contributed by atoms with Gasteiger partial charge in [0.1, 0.15) is 0 Å². The fourth-order valence-corrected chi connectivity index (χ4v) is 0. The van der Waals surface area contributed by atoms with Crippen molar-refractivity contribution in [2.24, 2.45) is 0 Å². The first-order valence-corrected chi connectivity index (χ1v) is 4.22. The van der Waals surface area contributed by atoms with Crippen LogP contribution in [0.4, 0.5) is 0 Å². The van der Waals surface area contributed by atoms with Gasteiger partial charge in [0.2, 0.25) is 10.5 Å². The number of hydrogen-bond acceptors (Lipinski definition) is 1. The van der Waals surface area contributed by atoms with Crippen molar-refractivity contribution < 1.29 is 4.12 Å². The van der Waals surface area contributed by atoms with Crippen LogP contribution in [0.15, 0.2) is 0 Å². The van der Waals surface area contributed by atoms with Crippen molar-refractivity contribution >= 4 is 19.5 Å². The molecule has 0 aliphatic rings. The van der Waals surface area contributed by atoms with E-state index in [1.54, 1.807) is 13.1 Å². The molecular formula is C2H7OSi2. The summed E-state index contributed by atoms with van der Waals surface area (Å²) in [7, 11) is 0.819. The molecule has 0 amide bonds. The summed E-state index contributed by atoms with van der Waals surface area (Å²) >= 11 is 0. The molecule has 0 fully saturated rings. The summed E-state index contributed by atoms with van der Waals surface area (Å²) in [5.74, 6) is 0. The molecule has 1 nitrogen and oxygen atoms in total. The predicted octanol–water partition coefficient (Wildman–Crippen LogP) is 0.0699. The second-order valence-electron chi connectivity index (χ2n) is 1.01. The molecule has 0 aromatic heterocycles. The smallest absolute Gasteiger partial charge is 0.229 e. The third kappa shape index (κ3) is 4.39. The average molecular weight is 105 g/mol. The molecule has 3 radical (unpaired) electrons. The highest BCUT2D eigenvalue weighted by Gasteiger charge is 1.83. The van der Waals surface area contributed by atoms with E-state index < -0.39 is 8.97 Å². The Bertz CT molecular complexity index is 41.3. The molecule has 0 unspecified atom stereocenters. The van der Waals surface area contributed by atoms with Gasteiger partial charge in [-0.2, -0.15) is 0 Å². The molecule has 0 aromatic rings. The fraction of sp³-hybridized carbons (Fsp3) is 1.00.